The standard InChI is InChI=1S/C8H12N4O3/c1-11-5(4-10-7(9)14)3-6(13)12(2)8(11)15/h3H,4H2,1-2H3,(H3,9,10,14). The number of amides is 2. The molecule has 1 heterocycles. The molecule has 0 radical (unpaired) electrons. The summed E-state index contributed by atoms with van der Waals surface area (Å²) in [7, 11) is 2.90. The Morgan fingerprint density at radius 3 is 2.53 bits per heavy atom. The van der Waals surface area contributed by atoms with Crippen molar-refractivity contribution in [2.24, 2.45) is 19.8 Å². The maximum atomic E-state index is 11.4. The van der Waals surface area contributed by atoms with Gasteiger partial charge >= 0.3 is 11.7 Å². The van der Waals surface area contributed by atoms with Crippen molar-refractivity contribution in [3.05, 3.63) is 32.6 Å². The summed E-state index contributed by atoms with van der Waals surface area (Å²) in [4.78, 5) is 33.2. The fourth-order valence-electron chi connectivity index (χ4n) is 1.13. The molecule has 7 nitrogen and oxygen atoms in total. The summed E-state index contributed by atoms with van der Waals surface area (Å²) in [6, 6.07) is 0.570. The molecule has 0 aliphatic rings. The van der Waals surface area contributed by atoms with Crippen LogP contribution in [0, 0.1) is 0 Å². The van der Waals surface area contributed by atoms with Gasteiger partial charge < -0.3 is 11.1 Å². The van der Waals surface area contributed by atoms with Crippen molar-refractivity contribution in [1.82, 2.24) is 14.5 Å². The van der Waals surface area contributed by atoms with Gasteiger partial charge in [-0.1, -0.05) is 0 Å². The van der Waals surface area contributed by atoms with E-state index in [2.05, 4.69) is 5.32 Å². The number of rotatable bonds is 2. The van der Waals surface area contributed by atoms with E-state index >= 15 is 0 Å². The first-order chi connectivity index (χ1) is 6.93. The zero-order chi connectivity index (χ0) is 11.6. The van der Waals surface area contributed by atoms with Gasteiger partial charge in [0, 0.05) is 25.9 Å². The number of carbonyl (C=O) groups excluding carboxylic acids is 1. The van der Waals surface area contributed by atoms with E-state index in [9.17, 15) is 14.4 Å². The Bertz CT molecular complexity index is 500. The van der Waals surface area contributed by atoms with Gasteiger partial charge in [-0.15, -0.1) is 0 Å². The van der Waals surface area contributed by atoms with Crippen LogP contribution in [0.15, 0.2) is 15.7 Å². The van der Waals surface area contributed by atoms with E-state index < -0.39 is 17.3 Å². The molecule has 7 heteroatoms. The topological polar surface area (TPSA) is 99.1 Å². The summed E-state index contributed by atoms with van der Waals surface area (Å²) >= 11 is 0. The Morgan fingerprint density at radius 1 is 1.40 bits per heavy atom. The largest absolute Gasteiger partial charge is 0.352 e. The average molecular weight is 212 g/mol. The van der Waals surface area contributed by atoms with Gasteiger partial charge in [-0.25, -0.2) is 9.59 Å². The molecule has 2 amide bonds. The van der Waals surface area contributed by atoms with Gasteiger partial charge in [0.1, 0.15) is 0 Å². The van der Waals surface area contributed by atoms with Crippen molar-refractivity contribution in [3.63, 3.8) is 0 Å². The second kappa shape index (κ2) is 3.99. The molecule has 1 rings (SSSR count). The number of hydrogen-bond acceptors (Lipinski definition) is 3. The first-order valence-corrected chi connectivity index (χ1v) is 4.22. The van der Waals surface area contributed by atoms with Gasteiger partial charge in [-0.05, 0) is 0 Å². The maximum absolute atomic E-state index is 11.4. The van der Waals surface area contributed by atoms with Crippen molar-refractivity contribution < 1.29 is 4.79 Å². The van der Waals surface area contributed by atoms with Crippen molar-refractivity contribution in [2.75, 3.05) is 0 Å². The average Bonchev–Trinajstić information content (AvgIpc) is 2.18. The first kappa shape index (κ1) is 11.0. The fraction of sp³-hybridized carbons (Fsp3) is 0.375. The third-order valence-electron chi connectivity index (χ3n) is 2.07. The molecule has 15 heavy (non-hydrogen) atoms. The number of aromatic nitrogens is 2. The van der Waals surface area contributed by atoms with E-state index in [1.165, 1.54) is 24.7 Å². The zero-order valence-corrected chi connectivity index (χ0v) is 8.48. The van der Waals surface area contributed by atoms with Crippen LogP contribution >= 0.6 is 0 Å². The van der Waals surface area contributed by atoms with Gasteiger partial charge in [0.25, 0.3) is 5.56 Å². The summed E-state index contributed by atoms with van der Waals surface area (Å²) in [5, 5.41) is 2.31. The summed E-state index contributed by atoms with van der Waals surface area (Å²) in [6.07, 6.45) is 0. The van der Waals surface area contributed by atoms with Crippen molar-refractivity contribution in [2.45, 2.75) is 6.54 Å². The molecule has 0 unspecified atom stereocenters. The lowest BCUT2D eigenvalue weighted by Crippen LogP contribution is -2.40. The molecule has 0 fully saturated rings. The SMILES string of the molecule is Cn1c(CNC(N)=O)cc(=O)n(C)c1=O. The van der Waals surface area contributed by atoms with Gasteiger partial charge in [-0.3, -0.25) is 13.9 Å². The first-order valence-electron chi connectivity index (χ1n) is 4.22. The fourth-order valence-corrected chi connectivity index (χ4v) is 1.13. The van der Waals surface area contributed by atoms with Crippen LogP contribution in [0.3, 0.4) is 0 Å². The van der Waals surface area contributed by atoms with Crippen molar-refractivity contribution in [1.29, 1.82) is 0 Å². The van der Waals surface area contributed by atoms with Crippen molar-refractivity contribution in [3.8, 4) is 0 Å². The predicted octanol–water partition coefficient (Wildman–Crippen LogP) is -1.75. The molecular weight excluding hydrogens is 200 g/mol. The monoisotopic (exact) mass is 212 g/mol. The van der Waals surface area contributed by atoms with Crippen LogP contribution in [-0.4, -0.2) is 15.2 Å². The van der Waals surface area contributed by atoms with Crippen LogP contribution in [0.4, 0.5) is 4.79 Å². The van der Waals surface area contributed by atoms with Gasteiger partial charge in [0.15, 0.2) is 0 Å². The van der Waals surface area contributed by atoms with E-state index in [4.69, 9.17) is 5.73 Å². The Kier molecular flexibility index (Phi) is 2.93. The normalized spacial score (nSPS) is 10.0. The Labute approximate surface area is 85.1 Å². The number of urea groups is 1. The lowest BCUT2D eigenvalue weighted by Gasteiger charge is -2.08. The molecule has 1 aromatic rings. The zero-order valence-electron chi connectivity index (χ0n) is 8.48. The highest BCUT2D eigenvalue weighted by atomic mass is 16.2. The molecule has 3 N–H and O–H groups in total. The van der Waals surface area contributed by atoms with Gasteiger partial charge in [-0.2, -0.15) is 0 Å². The molecule has 0 aliphatic heterocycles. The molecule has 0 atom stereocenters. The van der Waals surface area contributed by atoms with Crippen LogP contribution in [0.1, 0.15) is 5.69 Å². The number of primary amides is 1. The molecular formula is C8H12N4O3. The molecule has 0 saturated carbocycles. The molecule has 0 saturated heterocycles. The number of hydrogen-bond donors (Lipinski definition) is 2. The molecule has 0 aromatic carbocycles. The van der Waals surface area contributed by atoms with E-state index in [0.29, 0.717) is 5.69 Å². The summed E-state index contributed by atoms with van der Waals surface area (Å²) in [5.41, 5.74) is 4.42. The molecule has 0 bridgehead atoms. The number of nitrogens with two attached hydrogens (primary N) is 1. The molecule has 0 aliphatic carbocycles. The maximum Gasteiger partial charge on any atom is 0.330 e. The van der Waals surface area contributed by atoms with Crippen LogP contribution in [-0.2, 0) is 20.6 Å². The lowest BCUT2D eigenvalue weighted by atomic mass is 10.4. The number of nitrogens with zero attached hydrogens (tertiary/aromatic N) is 2. The lowest BCUT2D eigenvalue weighted by molar-refractivity contribution is 0.248. The van der Waals surface area contributed by atoms with Crippen LogP contribution in [0.25, 0.3) is 0 Å². The van der Waals surface area contributed by atoms with E-state index in [1.54, 1.807) is 0 Å². The van der Waals surface area contributed by atoms with Crippen molar-refractivity contribution >= 4 is 6.03 Å². The molecule has 82 valence electrons. The van der Waals surface area contributed by atoms with Crippen LogP contribution < -0.4 is 22.3 Å². The Balaban J connectivity index is 3.16. The Hall–Kier alpha value is -2.05. The van der Waals surface area contributed by atoms with E-state index in [1.807, 2.05) is 0 Å². The summed E-state index contributed by atoms with van der Waals surface area (Å²) in [5.74, 6) is 0. The summed E-state index contributed by atoms with van der Waals surface area (Å²) < 4.78 is 2.26. The minimum Gasteiger partial charge on any atom is -0.352 e. The third-order valence-corrected chi connectivity index (χ3v) is 2.07. The highest BCUT2D eigenvalue weighted by Crippen LogP contribution is 1.88. The minimum atomic E-state index is -0.705. The smallest absolute Gasteiger partial charge is 0.330 e. The van der Waals surface area contributed by atoms with E-state index in [0.717, 1.165) is 4.57 Å². The van der Waals surface area contributed by atoms with Crippen LogP contribution in [0.2, 0.25) is 0 Å². The second-order valence-electron chi connectivity index (χ2n) is 3.09. The Morgan fingerprint density at radius 2 is 2.00 bits per heavy atom. The highest BCUT2D eigenvalue weighted by Gasteiger charge is 2.05. The highest BCUT2D eigenvalue weighted by molar-refractivity contribution is 5.71. The molecule has 0 spiro atoms. The second-order valence-corrected chi connectivity index (χ2v) is 3.09. The third kappa shape index (κ3) is 2.25. The van der Waals surface area contributed by atoms with Crippen LogP contribution in [0.5, 0.6) is 0 Å². The van der Waals surface area contributed by atoms with E-state index in [-0.39, 0.29) is 6.54 Å². The molecule has 1 aromatic heterocycles. The minimum absolute atomic E-state index is 0.0527. The number of nitrogens with one attached hydrogen (secondary N) is 1. The summed E-state index contributed by atoms with van der Waals surface area (Å²) in [6.45, 7) is 0.0527. The quantitative estimate of drug-likeness (QED) is 0.608. The van der Waals surface area contributed by atoms with Gasteiger partial charge in [0.05, 0.1) is 6.54 Å². The van der Waals surface area contributed by atoms with Gasteiger partial charge in [0.2, 0.25) is 0 Å². The number of carbonyl (C=O) groups is 1. The predicted molar refractivity (Wildman–Crippen MR) is 53.3 cm³/mol.